The molecule has 6 nitrogen and oxygen atoms in total. The minimum atomic E-state index is -0.900. The number of carbonyl (C=O) groups is 2. The number of azo groups is 1. The lowest BCUT2D eigenvalue weighted by atomic mass is 10.2. The van der Waals surface area contributed by atoms with Gasteiger partial charge in [0.15, 0.2) is 0 Å². The number of carbonyl (C=O) groups excluding carboxylic acids is 2. The first kappa shape index (κ1) is 13.8. The van der Waals surface area contributed by atoms with Gasteiger partial charge in [-0.3, -0.25) is 0 Å². The van der Waals surface area contributed by atoms with Crippen molar-refractivity contribution in [3.05, 3.63) is 0 Å². The number of nitrogens with one attached hydrogen (secondary N) is 1. The fourth-order valence-corrected chi connectivity index (χ4v) is 0.653. The third-order valence-corrected chi connectivity index (χ3v) is 1.18. The molecular weight excluding hydrogens is 222 g/mol. The van der Waals surface area contributed by atoms with Crippen molar-refractivity contribution in [2.24, 2.45) is 10.2 Å². The van der Waals surface area contributed by atoms with Crippen LogP contribution in [0.15, 0.2) is 10.2 Å². The molecule has 0 aromatic heterocycles. The zero-order chi connectivity index (χ0) is 11.9. The first-order valence-electron chi connectivity index (χ1n) is 4.33. The summed E-state index contributed by atoms with van der Waals surface area (Å²) in [4.78, 5) is 21.8. The number of rotatable bonds is 2. The van der Waals surface area contributed by atoms with Crippen LogP contribution in [0.25, 0.3) is 0 Å². The van der Waals surface area contributed by atoms with Crippen molar-refractivity contribution in [1.82, 2.24) is 5.32 Å². The number of hydrogen-bond acceptors (Lipinski definition) is 3. The van der Waals surface area contributed by atoms with E-state index in [2.05, 4.69) is 15.5 Å². The first-order valence-corrected chi connectivity index (χ1v) is 4.87. The van der Waals surface area contributed by atoms with Crippen LogP contribution < -0.4 is 5.32 Å². The molecule has 86 valence electrons. The van der Waals surface area contributed by atoms with Crippen LogP contribution in [0.3, 0.4) is 0 Å². The number of urea groups is 1. The van der Waals surface area contributed by atoms with Gasteiger partial charge in [0.1, 0.15) is 5.60 Å². The van der Waals surface area contributed by atoms with E-state index in [1.807, 2.05) is 0 Å². The van der Waals surface area contributed by atoms with Crippen LogP contribution >= 0.6 is 11.6 Å². The lowest BCUT2D eigenvalue weighted by Crippen LogP contribution is -2.23. The second kappa shape index (κ2) is 6.34. The van der Waals surface area contributed by atoms with Crippen molar-refractivity contribution in [2.75, 3.05) is 12.4 Å². The third-order valence-electron chi connectivity index (χ3n) is 0.987. The molecule has 0 saturated heterocycles. The smallest absolute Gasteiger partial charge is 0.441 e. The number of alkyl halides is 1. The predicted molar refractivity (Wildman–Crippen MR) is 55.2 cm³/mol. The average Bonchev–Trinajstić information content (AvgIpc) is 2.08. The number of nitrogens with zero attached hydrogens (tertiary/aromatic N) is 2. The van der Waals surface area contributed by atoms with Crippen LogP contribution in [0.2, 0.25) is 0 Å². The molecule has 0 aliphatic carbocycles. The molecule has 0 bridgehead atoms. The summed E-state index contributed by atoms with van der Waals surface area (Å²) in [5, 5.41) is 8.47. The molecule has 0 unspecified atom stereocenters. The van der Waals surface area contributed by atoms with Gasteiger partial charge in [0.05, 0.1) is 0 Å². The Morgan fingerprint density at radius 1 is 1.33 bits per heavy atom. The zero-order valence-corrected chi connectivity index (χ0v) is 9.67. The molecular formula is C8H14ClN3O3. The minimum absolute atomic E-state index is 0.272. The summed E-state index contributed by atoms with van der Waals surface area (Å²) in [5.74, 6) is 0.272. The van der Waals surface area contributed by atoms with Crippen LogP contribution in [0.5, 0.6) is 0 Å². The van der Waals surface area contributed by atoms with E-state index in [0.717, 1.165) is 0 Å². The molecule has 0 aliphatic heterocycles. The van der Waals surface area contributed by atoms with E-state index in [-0.39, 0.29) is 12.4 Å². The SMILES string of the molecule is CC(C)(C)OC(=O)/N=N/C(=O)NCCCl. The summed E-state index contributed by atoms with van der Waals surface area (Å²) in [6.07, 6.45) is -0.900. The molecule has 0 fully saturated rings. The Balaban J connectivity index is 3.95. The Morgan fingerprint density at radius 2 is 1.93 bits per heavy atom. The fraction of sp³-hybridized carbons (Fsp3) is 0.750. The topological polar surface area (TPSA) is 80.1 Å². The summed E-state index contributed by atoms with van der Waals surface area (Å²) < 4.78 is 4.79. The average molecular weight is 236 g/mol. The van der Waals surface area contributed by atoms with Crippen LogP contribution in [0, 0.1) is 0 Å². The van der Waals surface area contributed by atoms with E-state index in [4.69, 9.17) is 16.3 Å². The first-order chi connectivity index (χ1) is 6.85. The molecule has 0 rings (SSSR count). The summed E-state index contributed by atoms with van der Waals surface area (Å²) in [7, 11) is 0. The van der Waals surface area contributed by atoms with Gasteiger partial charge in [-0.1, -0.05) is 10.2 Å². The maximum atomic E-state index is 10.9. The van der Waals surface area contributed by atoms with E-state index in [0.29, 0.717) is 0 Å². The molecule has 0 aliphatic rings. The van der Waals surface area contributed by atoms with Crippen LogP contribution in [-0.4, -0.2) is 30.2 Å². The van der Waals surface area contributed by atoms with Crippen molar-refractivity contribution in [3.63, 3.8) is 0 Å². The van der Waals surface area contributed by atoms with E-state index in [1.54, 1.807) is 20.8 Å². The highest BCUT2D eigenvalue weighted by molar-refractivity contribution is 6.18. The maximum Gasteiger partial charge on any atom is 0.453 e. The zero-order valence-electron chi connectivity index (χ0n) is 8.91. The maximum absolute atomic E-state index is 10.9. The largest absolute Gasteiger partial charge is 0.453 e. The molecule has 0 aromatic rings. The number of ether oxygens (including phenoxy) is 1. The molecule has 0 spiro atoms. The number of amides is 3. The molecule has 3 amide bonds. The van der Waals surface area contributed by atoms with Crippen molar-refractivity contribution < 1.29 is 14.3 Å². The van der Waals surface area contributed by atoms with Gasteiger partial charge in [-0.05, 0) is 20.8 Å². The van der Waals surface area contributed by atoms with Gasteiger partial charge >= 0.3 is 12.1 Å². The quantitative estimate of drug-likeness (QED) is 0.589. The molecule has 0 atom stereocenters. The van der Waals surface area contributed by atoms with E-state index in [1.165, 1.54) is 0 Å². The van der Waals surface area contributed by atoms with Crippen molar-refractivity contribution >= 4 is 23.7 Å². The van der Waals surface area contributed by atoms with Gasteiger partial charge in [-0.25, -0.2) is 9.59 Å². The van der Waals surface area contributed by atoms with Crippen LogP contribution in [0.4, 0.5) is 9.59 Å². The molecule has 1 N–H and O–H groups in total. The second-order valence-corrected chi connectivity index (χ2v) is 3.98. The highest BCUT2D eigenvalue weighted by Gasteiger charge is 2.15. The minimum Gasteiger partial charge on any atom is -0.441 e. The molecule has 7 heteroatoms. The summed E-state index contributed by atoms with van der Waals surface area (Å²) in [5.41, 5.74) is -0.650. The lowest BCUT2D eigenvalue weighted by molar-refractivity contribution is 0.0590. The highest BCUT2D eigenvalue weighted by atomic mass is 35.5. The van der Waals surface area contributed by atoms with Gasteiger partial charge in [0.2, 0.25) is 0 Å². The summed E-state index contributed by atoms with van der Waals surface area (Å²) in [6.45, 7) is 5.34. The third kappa shape index (κ3) is 9.14. The predicted octanol–water partition coefficient (Wildman–Crippen LogP) is 2.32. The Morgan fingerprint density at radius 3 is 2.40 bits per heavy atom. The van der Waals surface area contributed by atoms with E-state index in [9.17, 15) is 9.59 Å². The summed E-state index contributed by atoms with van der Waals surface area (Å²) in [6, 6.07) is -0.721. The fourth-order valence-electron chi connectivity index (χ4n) is 0.558. The van der Waals surface area contributed by atoms with E-state index < -0.39 is 17.7 Å². The standard InChI is InChI=1S/C8H14ClN3O3/c1-8(2,3)15-7(14)12-11-6(13)10-5-4-9/h4-5H2,1-3H3,(H,10,13)/b12-11+. The van der Waals surface area contributed by atoms with Crippen molar-refractivity contribution in [1.29, 1.82) is 0 Å². The van der Waals surface area contributed by atoms with E-state index >= 15 is 0 Å². The normalized spacial score (nSPS) is 11.5. The van der Waals surface area contributed by atoms with Crippen molar-refractivity contribution in [3.8, 4) is 0 Å². The lowest BCUT2D eigenvalue weighted by Gasteiger charge is -2.16. The Bertz CT molecular complexity index is 260. The van der Waals surface area contributed by atoms with Gasteiger partial charge in [-0.15, -0.1) is 11.6 Å². The molecule has 15 heavy (non-hydrogen) atoms. The van der Waals surface area contributed by atoms with Gasteiger partial charge < -0.3 is 10.1 Å². The van der Waals surface area contributed by atoms with Gasteiger partial charge in [0.25, 0.3) is 0 Å². The summed E-state index contributed by atoms with van der Waals surface area (Å²) >= 11 is 5.32. The molecule has 0 radical (unpaired) electrons. The molecule has 0 saturated carbocycles. The Labute approximate surface area is 93.0 Å². The molecule has 0 aromatic carbocycles. The monoisotopic (exact) mass is 235 g/mol. The number of halogens is 1. The molecule has 0 heterocycles. The Hall–Kier alpha value is -1.17. The highest BCUT2D eigenvalue weighted by Crippen LogP contribution is 2.07. The van der Waals surface area contributed by atoms with Crippen LogP contribution in [0.1, 0.15) is 20.8 Å². The Kier molecular flexibility index (Phi) is 5.84. The second-order valence-electron chi connectivity index (χ2n) is 3.60. The van der Waals surface area contributed by atoms with Gasteiger partial charge in [-0.2, -0.15) is 0 Å². The van der Waals surface area contributed by atoms with Crippen LogP contribution in [-0.2, 0) is 4.74 Å². The van der Waals surface area contributed by atoms with Gasteiger partial charge in [0, 0.05) is 12.4 Å². The number of hydrogen-bond donors (Lipinski definition) is 1. The van der Waals surface area contributed by atoms with Crippen molar-refractivity contribution in [2.45, 2.75) is 26.4 Å².